The summed E-state index contributed by atoms with van der Waals surface area (Å²) in [5, 5.41) is 12.6. The molecule has 0 heterocycles. The van der Waals surface area contributed by atoms with E-state index >= 15 is 0 Å². The minimum absolute atomic E-state index is 0.171. The molecule has 0 saturated carbocycles. The Morgan fingerprint density at radius 1 is 1.50 bits per heavy atom. The van der Waals surface area contributed by atoms with Gasteiger partial charge >= 0.3 is 0 Å². The van der Waals surface area contributed by atoms with Crippen LogP contribution in [-0.4, -0.2) is 24.3 Å². The molecule has 1 unspecified atom stereocenters. The molecule has 0 fully saturated rings. The van der Waals surface area contributed by atoms with E-state index in [4.69, 9.17) is 0 Å². The van der Waals surface area contributed by atoms with Gasteiger partial charge < -0.3 is 10.4 Å². The van der Waals surface area contributed by atoms with E-state index in [1.165, 1.54) is 25.7 Å². The van der Waals surface area contributed by atoms with Crippen molar-refractivity contribution in [2.24, 2.45) is 0 Å². The van der Waals surface area contributed by atoms with Crippen LogP contribution in [0.3, 0.4) is 0 Å². The van der Waals surface area contributed by atoms with Gasteiger partial charge in [0.2, 0.25) is 0 Å². The van der Waals surface area contributed by atoms with Crippen LogP contribution in [0.1, 0.15) is 45.4 Å². The Morgan fingerprint density at radius 3 is 3.00 bits per heavy atom. The molecule has 0 saturated heterocycles. The Labute approximate surface area is 87.4 Å². The molecule has 1 aliphatic rings. The molecule has 0 aliphatic heterocycles. The van der Waals surface area contributed by atoms with Crippen LogP contribution in [0.2, 0.25) is 0 Å². The van der Waals surface area contributed by atoms with Gasteiger partial charge in [-0.1, -0.05) is 18.6 Å². The average Bonchev–Trinajstić information content (AvgIpc) is 2.25. The minimum atomic E-state index is -0.171. The second kappa shape index (κ2) is 7.02. The van der Waals surface area contributed by atoms with Gasteiger partial charge in [-0.3, -0.25) is 0 Å². The van der Waals surface area contributed by atoms with Crippen molar-refractivity contribution >= 4 is 0 Å². The summed E-state index contributed by atoms with van der Waals surface area (Å²) < 4.78 is 0. The first-order valence-corrected chi connectivity index (χ1v) is 5.89. The highest BCUT2D eigenvalue weighted by atomic mass is 16.3. The lowest BCUT2D eigenvalue weighted by Crippen LogP contribution is -2.27. The zero-order valence-corrected chi connectivity index (χ0v) is 9.26. The van der Waals surface area contributed by atoms with Crippen molar-refractivity contribution < 1.29 is 5.11 Å². The molecule has 14 heavy (non-hydrogen) atoms. The molecule has 2 heteroatoms. The first-order chi connectivity index (χ1) is 6.83. The van der Waals surface area contributed by atoms with Crippen molar-refractivity contribution in [1.82, 2.24) is 5.32 Å². The lowest BCUT2D eigenvalue weighted by molar-refractivity contribution is 0.168. The van der Waals surface area contributed by atoms with Crippen LogP contribution in [0.4, 0.5) is 0 Å². The maximum absolute atomic E-state index is 9.32. The molecule has 1 rings (SSSR count). The van der Waals surface area contributed by atoms with E-state index in [0.717, 1.165) is 25.9 Å². The quantitative estimate of drug-likeness (QED) is 0.505. The molecule has 0 aromatic heterocycles. The van der Waals surface area contributed by atoms with Crippen molar-refractivity contribution in [3.8, 4) is 0 Å². The molecule has 0 aromatic rings. The Bertz CT molecular complexity index is 177. The standard InChI is InChI=1S/C12H23NO/c1-2-12(14)10-13-9-8-11-6-4-3-5-7-11/h6,12-14H,2-5,7-10H2,1H3. The monoisotopic (exact) mass is 197 g/mol. The molecule has 0 bridgehead atoms. The molecule has 1 atom stereocenters. The lowest BCUT2D eigenvalue weighted by atomic mass is 9.97. The van der Waals surface area contributed by atoms with E-state index in [2.05, 4.69) is 11.4 Å². The fourth-order valence-corrected chi connectivity index (χ4v) is 1.79. The Balaban J connectivity index is 2.00. The van der Waals surface area contributed by atoms with Gasteiger partial charge in [0.25, 0.3) is 0 Å². The van der Waals surface area contributed by atoms with Gasteiger partial charge in [-0.15, -0.1) is 0 Å². The van der Waals surface area contributed by atoms with E-state index in [9.17, 15) is 5.11 Å². The third kappa shape index (κ3) is 4.77. The average molecular weight is 197 g/mol. The van der Waals surface area contributed by atoms with Crippen LogP contribution in [0, 0.1) is 0 Å². The maximum atomic E-state index is 9.32. The first kappa shape index (κ1) is 11.7. The summed E-state index contributed by atoms with van der Waals surface area (Å²) >= 11 is 0. The van der Waals surface area contributed by atoms with Crippen molar-refractivity contribution in [2.45, 2.75) is 51.6 Å². The van der Waals surface area contributed by atoms with Crippen LogP contribution < -0.4 is 5.32 Å². The summed E-state index contributed by atoms with van der Waals surface area (Å²) in [6.07, 6.45) is 9.52. The summed E-state index contributed by atoms with van der Waals surface area (Å²) in [5.74, 6) is 0. The predicted molar refractivity (Wildman–Crippen MR) is 60.3 cm³/mol. The number of aliphatic hydroxyl groups excluding tert-OH is 1. The van der Waals surface area contributed by atoms with E-state index in [0.29, 0.717) is 0 Å². The molecule has 0 aromatic carbocycles. The largest absolute Gasteiger partial charge is 0.392 e. The molecule has 2 nitrogen and oxygen atoms in total. The number of nitrogens with one attached hydrogen (secondary N) is 1. The van der Waals surface area contributed by atoms with Gasteiger partial charge in [0.05, 0.1) is 6.10 Å². The summed E-state index contributed by atoms with van der Waals surface area (Å²) in [6, 6.07) is 0. The summed E-state index contributed by atoms with van der Waals surface area (Å²) in [7, 11) is 0. The second-order valence-corrected chi connectivity index (χ2v) is 4.12. The first-order valence-electron chi connectivity index (χ1n) is 5.89. The third-order valence-corrected chi connectivity index (χ3v) is 2.86. The Kier molecular flexibility index (Phi) is 5.88. The van der Waals surface area contributed by atoms with Crippen LogP contribution in [0.15, 0.2) is 11.6 Å². The highest BCUT2D eigenvalue weighted by Crippen LogP contribution is 2.19. The molecule has 2 N–H and O–H groups in total. The number of aliphatic hydroxyl groups is 1. The van der Waals surface area contributed by atoms with Crippen molar-refractivity contribution in [3.05, 3.63) is 11.6 Å². The van der Waals surface area contributed by atoms with Gasteiger partial charge in [-0.25, -0.2) is 0 Å². The molecule has 0 spiro atoms. The fourth-order valence-electron chi connectivity index (χ4n) is 1.79. The minimum Gasteiger partial charge on any atom is -0.392 e. The lowest BCUT2D eigenvalue weighted by Gasteiger charge is -2.14. The molecule has 0 amide bonds. The molecule has 82 valence electrons. The Morgan fingerprint density at radius 2 is 2.36 bits per heavy atom. The van der Waals surface area contributed by atoms with Gasteiger partial charge in [-0.05, 0) is 45.1 Å². The topological polar surface area (TPSA) is 32.3 Å². The summed E-state index contributed by atoms with van der Waals surface area (Å²) in [5.41, 5.74) is 1.61. The van der Waals surface area contributed by atoms with Crippen molar-refractivity contribution in [2.75, 3.05) is 13.1 Å². The Hall–Kier alpha value is -0.340. The molecular weight excluding hydrogens is 174 g/mol. The summed E-state index contributed by atoms with van der Waals surface area (Å²) in [6.45, 7) is 3.77. The van der Waals surface area contributed by atoms with Crippen molar-refractivity contribution in [1.29, 1.82) is 0 Å². The third-order valence-electron chi connectivity index (χ3n) is 2.86. The van der Waals surface area contributed by atoms with Crippen LogP contribution in [-0.2, 0) is 0 Å². The van der Waals surface area contributed by atoms with Crippen LogP contribution in [0.5, 0.6) is 0 Å². The number of allylic oxidation sites excluding steroid dienone is 1. The van der Waals surface area contributed by atoms with Crippen LogP contribution in [0.25, 0.3) is 0 Å². The van der Waals surface area contributed by atoms with Gasteiger partial charge in [0, 0.05) is 6.54 Å². The second-order valence-electron chi connectivity index (χ2n) is 4.12. The fraction of sp³-hybridized carbons (Fsp3) is 0.833. The van der Waals surface area contributed by atoms with E-state index in [1.54, 1.807) is 5.57 Å². The summed E-state index contributed by atoms with van der Waals surface area (Å²) in [4.78, 5) is 0. The maximum Gasteiger partial charge on any atom is 0.0662 e. The van der Waals surface area contributed by atoms with E-state index < -0.39 is 0 Å². The highest BCUT2D eigenvalue weighted by Gasteiger charge is 2.03. The molecule has 0 radical (unpaired) electrons. The number of hydrogen-bond donors (Lipinski definition) is 2. The van der Waals surface area contributed by atoms with E-state index in [1.807, 2.05) is 6.92 Å². The van der Waals surface area contributed by atoms with Gasteiger partial charge in [0.15, 0.2) is 0 Å². The molecule has 1 aliphatic carbocycles. The number of rotatable bonds is 6. The zero-order chi connectivity index (χ0) is 10.2. The SMILES string of the molecule is CCC(O)CNCCC1=CCCCC1. The number of hydrogen-bond acceptors (Lipinski definition) is 2. The highest BCUT2D eigenvalue weighted by molar-refractivity contribution is 5.05. The molecular formula is C12H23NO. The smallest absolute Gasteiger partial charge is 0.0662 e. The predicted octanol–water partition coefficient (Wildman–Crippen LogP) is 2.24. The normalized spacial score (nSPS) is 19.1. The van der Waals surface area contributed by atoms with Gasteiger partial charge in [-0.2, -0.15) is 0 Å². The van der Waals surface area contributed by atoms with E-state index in [-0.39, 0.29) is 6.10 Å². The van der Waals surface area contributed by atoms with Gasteiger partial charge in [0.1, 0.15) is 0 Å². The zero-order valence-electron chi connectivity index (χ0n) is 9.26. The van der Waals surface area contributed by atoms with Crippen molar-refractivity contribution in [3.63, 3.8) is 0 Å². The van der Waals surface area contributed by atoms with Crippen LogP contribution >= 0.6 is 0 Å².